The molecule has 16 heteroatoms. The molecule has 0 aliphatic heterocycles. The van der Waals surface area contributed by atoms with Crippen LogP contribution < -0.4 is 38.1 Å². The summed E-state index contributed by atoms with van der Waals surface area (Å²) in [6.07, 6.45) is 0. The van der Waals surface area contributed by atoms with Crippen LogP contribution in [0.15, 0.2) is 78.9 Å². The van der Waals surface area contributed by atoms with Crippen molar-refractivity contribution in [3.63, 3.8) is 0 Å². The molecule has 2 amide bonds. The molecule has 0 fully saturated rings. The second-order valence-electron chi connectivity index (χ2n) is 10.8. The van der Waals surface area contributed by atoms with E-state index in [0.29, 0.717) is 113 Å². The maximum Gasteiger partial charge on any atom is 0.251 e. The van der Waals surface area contributed by atoms with Gasteiger partial charge in [-0.2, -0.15) is 15.0 Å². The fraction of sp³-hybridized carbons (Fsp3) is 0.378. The van der Waals surface area contributed by atoms with E-state index in [1.165, 1.54) is 0 Å². The van der Waals surface area contributed by atoms with Gasteiger partial charge >= 0.3 is 0 Å². The third kappa shape index (κ3) is 17.1. The summed E-state index contributed by atoms with van der Waals surface area (Å²) in [5, 5.41) is 15.1. The third-order valence-electron chi connectivity index (χ3n) is 6.84. The van der Waals surface area contributed by atoms with E-state index < -0.39 is 0 Å². The SMILES string of the molecule is CC.NCCOCCOCCNC(=O)c1ccc(Nc2nc(NCCOCCOCCNC(=O)c3ccccc3)nc(Nc3ccc(N)cc3)n2)cc1. The molecule has 3 aromatic carbocycles. The number of nitrogens with two attached hydrogens (primary N) is 2. The van der Waals surface area contributed by atoms with E-state index >= 15 is 0 Å². The largest absolute Gasteiger partial charge is 0.399 e. The Balaban J connectivity index is 0.00000372. The number of nitrogens with zero attached hydrogens (tertiary/aromatic N) is 3. The van der Waals surface area contributed by atoms with Crippen molar-refractivity contribution in [2.45, 2.75) is 13.8 Å². The van der Waals surface area contributed by atoms with Gasteiger partial charge in [-0.1, -0.05) is 32.0 Å². The summed E-state index contributed by atoms with van der Waals surface area (Å²) >= 11 is 0. The summed E-state index contributed by atoms with van der Waals surface area (Å²) in [6, 6.07) is 23.1. The molecule has 0 saturated carbocycles. The normalized spacial score (nSPS) is 10.5. The minimum atomic E-state index is -0.215. The van der Waals surface area contributed by atoms with Crippen LogP contribution in [0.2, 0.25) is 0 Å². The first-order valence-electron chi connectivity index (χ1n) is 17.6. The Morgan fingerprint density at radius 2 is 0.981 bits per heavy atom. The second kappa shape index (κ2) is 25.5. The zero-order chi connectivity index (χ0) is 37.9. The fourth-order valence-electron chi connectivity index (χ4n) is 4.33. The molecule has 0 saturated heterocycles. The van der Waals surface area contributed by atoms with Crippen LogP contribution in [0, 0.1) is 0 Å². The van der Waals surface area contributed by atoms with Gasteiger partial charge in [-0.15, -0.1) is 0 Å². The van der Waals surface area contributed by atoms with Crippen LogP contribution in [-0.4, -0.2) is 106 Å². The minimum absolute atomic E-state index is 0.137. The fourth-order valence-corrected chi connectivity index (χ4v) is 4.33. The maximum absolute atomic E-state index is 12.6. The monoisotopic (exact) mass is 732 g/mol. The van der Waals surface area contributed by atoms with Gasteiger partial charge in [-0.05, 0) is 60.7 Å². The number of nitrogens with one attached hydrogen (secondary N) is 5. The predicted octanol–water partition coefficient (Wildman–Crippen LogP) is 3.56. The van der Waals surface area contributed by atoms with Crippen molar-refractivity contribution in [1.82, 2.24) is 25.6 Å². The van der Waals surface area contributed by atoms with Crippen LogP contribution in [0.3, 0.4) is 0 Å². The highest BCUT2D eigenvalue weighted by atomic mass is 16.5. The quantitative estimate of drug-likeness (QED) is 0.0405. The number of nitrogen functional groups attached to an aromatic ring is 1. The molecule has 0 aliphatic rings. The zero-order valence-corrected chi connectivity index (χ0v) is 30.4. The van der Waals surface area contributed by atoms with Gasteiger partial charge in [0.05, 0.1) is 52.9 Å². The Morgan fingerprint density at radius 3 is 1.49 bits per heavy atom. The summed E-state index contributed by atoms with van der Waals surface area (Å²) in [7, 11) is 0. The van der Waals surface area contributed by atoms with Crippen molar-refractivity contribution >= 4 is 46.7 Å². The van der Waals surface area contributed by atoms with Gasteiger partial charge in [0.15, 0.2) is 0 Å². The number of hydrogen-bond acceptors (Lipinski definition) is 14. The molecule has 0 aliphatic carbocycles. The highest BCUT2D eigenvalue weighted by Crippen LogP contribution is 2.20. The maximum atomic E-state index is 12.6. The first-order valence-corrected chi connectivity index (χ1v) is 17.6. The smallest absolute Gasteiger partial charge is 0.251 e. The average Bonchev–Trinajstić information content (AvgIpc) is 3.18. The number of ether oxygens (including phenoxy) is 4. The molecule has 53 heavy (non-hydrogen) atoms. The molecule has 0 radical (unpaired) electrons. The van der Waals surface area contributed by atoms with Crippen molar-refractivity contribution in [1.29, 1.82) is 0 Å². The molecule has 0 atom stereocenters. The summed E-state index contributed by atoms with van der Waals surface area (Å²) in [4.78, 5) is 38.1. The van der Waals surface area contributed by atoms with E-state index in [1.807, 2.05) is 44.2 Å². The lowest BCUT2D eigenvalue weighted by molar-refractivity contribution is 0.0511. The van der Waals surface area contributed by atoms with Crippen LogP contribution in [0.1, 0.15) is 34.6 Å². The standard InChI is InChI=1S/C35H46N10O6.C2H6/c36-14-18-48-22-23-49-20-16-39-32(47)27-6-10-29(11-7-27)41-34-43-33(44-35(45-34)42-30-12-8-28(37)9-13-30)40-17-21-51-25-24-50-19-15-38-31(46)26-4-2-1-3-5-26;1-2/h1-13H,14-25,36-37H2,(H,38,46)(H,39,47)(H3,40,41,42,43,44,45);1-2H3. The van der Waals surface area contributed by atoms with Crippen molar-refractivity contribution in [3.8, 4) is 0 Å². The summed E-state index contributed by atoms with van der Waals surface area (Å²) in [5.41, 5.74) is 14.4. The van der Waals surface area contributed by atoms with Crippen molar-refractivity contribution in [2.75, 3.05) is 101 Å². The molecule has 0 bridgehead atoms. The Labute approximate surface area is 310 Å². The number of benzene rings is 3. The minimum Gasteiger partial charge on any atom is -0.399 e. The molecule has 0 unspecified atom stereocenters. The van der Waals surface area contributed by atoms with Gasteiger partial charge in [0, 0.05) is 54.4 Å². The Morgan fingerprint density at radius 1 is 0.547 bits per heavy atom. The third-order valence-corrected chi connectivity index (χ3v) is 6.84. The van der Waals surface area contributed by atoms with Gasteiger partial charge in [0.2, 0.25) is 17.8 Å². The van der Waals surface area contributed by atoms with Gasteiger partial charge in [0.25, 0.3) is 11.8 Å². The highest BCUT2D eigenvalue weighted by molar-refractivity contribution is 5.94. The highest BCUT2D eigenvalue weighted by Gasteiger charge is 2.10. The molecule has 0 spiro atoms. The number of hydrogen-bond donors (Lipinski definition) is 7. The summed E-state index contributed by atoms with van der Waals surface area (Å²) in [5.74, 6) is 0.555. The number of amides is 2. The lowest BCUT2D eigenvalue weighted by Crippen LogP contribution is -2.27. The topological polar surface area (TPSA) is 222 Å². The molecular formula is C37H52N10O6. The van der Waals surface area contributed by atoms with E-state index in [0.717, 1.165) is 5.69 Å². The molecule has 9 N–H and O–H groups in total. The lowest BCUT2D eigenvalue weighted by Gasteiger charge is -2.12. The number of carbonyl (C=O) groups excluding carboxylic acids is 2. The molecule has 4 rings (SSSR count). The number of aromatic nitrogens is 3. The molecule has 1 aromatic heterocycles. The van der Waals surface area contributed by atoms with Crippen molar-refractivity contribution < 1.29 is 28.5 Å². The summed E-state index contributed by atoms with van der Waals surface area (Å²) in [6.45, 7) is 8.96. The van der Waals surface area contributed by atoms with Crippen molar-refractivity contribution in [3.05, 3.63) is 90.0 Å². The van der Waals surface area contributed by atoms with E-state index in [-0.39, 0.29) is 17.8 Å². The van der Waals surface area contributed by atoms with E-state index in [4.69, 9.17) is 30.4 Å². The van der Waals surface area contributed by atoms with E-state index in [2.05, 4.69) is 41.5 Å². The van der Waals surface area contributed by atoms with Crippen LogP contribution in [-0.2, 0) is 18.9 Å². The van der Waals surface area contributed by atoms with E-state index in [9.17, 15) is 9.59 Å². The molecule has 1 heterocycles. The van der Waals surface area contributed by atoms with Crippen LogP contribution in [0.5, 0.6) is 0 Å². The predicted molar refractivity (Wildman–Crippen MR) is 207 cm³/mol. The molecule has 4 aromatic rings. The Bertz CT molecular complexity index is 1600. The van der Waals surface area contributed by atoms with Crippen LogP contribution in [0.25, 0.3) is 0 Å². The van der Waals surface area contributed by atoms with Gasteiger partial charge in [0.1, 0.15) is 0 Å². The van der Waals surface area contributed by atoms with Crippen LogP contribution in [0.4, 0.5) is 34.9 Å². The number of anilines is 6. The van der Waals surface area contributed by atoms with Crippen molar-refractivity contribution in [2.24, 2.45) is 5.73 Å². The molecular weight excluding hydrogens is 680 g/mol. The first kappa shape index (κ1) is 42.0. The lowest BCUT2D eigenvalue weighted by atomic mass is 10.2. The van der Waals surface area contributed by atoms with Crippen LogP contribution >= 0.6 is 0 Å². The number of rotatable bonds is 24. The number of carbonyl (C=O) groups is 2. The Kier molecular flexibility index (Phi) is 20.3. The second-order valence-corrected chi connectivity index (χ2v) is 10.8. The first-order chi connectivity index (χ1) is 26.0. The van der Waals surface area contributed by atoms with Gasteiger partial charge in [-0.25, -0.2) is 0 Å². The van der Waals surface area contributed by atoms with E-state index in [1.54, 1.807) is 48.5 Å². The van der Waals surface area contributed by atoms with Gasteiger partial charge in [-0.3, -0.25) is 9.59 Å². The molecule has 16 nitrogen and oxygen atoms in total. The zero-order valence-electron chi connectivity index (χ0n) is 30.4. The Hall–Kier alpha value is -5.39. The van der Waals surface area contributed by atoms with Gasteiger partial charge < -0.3 is 57.0 Å². The molecule has 286 valence electrons. The summed E-state index contributed by atoms with van der Waals surface area (Å²) < 4.78 is 21.9. The average molecular weight is 733 g/mol.